The molecule has 1 fully saturated rings. The van der Waals surface area contributed by atoms with Crippen molar-refractivity contribution >= 4 is 11.0 Å². The van der Waals surface area contributed by atoms with E-state index in [2.05, 4.69) is 35.0 Å². The molecule has 0 saturated heterocycles. The Labute approximate surface area is 119 Å². The second-order valence-corrected chi connectivity index (χ2v) is 5.81. The number of rotatable bonds is 6. The summed E-state index contributed by atoms with van der Waals surface area (Å²) in [6, 6.07) is 8.29. The minimum Gasteiger partial charge on any atom is -0.394 e. The van der Waals surface area contributed by atoms with Gasteiger partial charge in [-0.05, 0) is 37.8 Å². The average Bonchev–Trinajstić information content (AvgIpc) is 2.77. The number of nitrogens with one attached hydrogen (secondary N) is 1. The lowest BCUT2D eigenvalue weighted by Crippen LogP contribution is -2.53. The summed E-state index contributed by atoms with van der Waals surface area (Å²) in [6.45, 7) is 4.13. The van der Waals surface area contributed by atoms with Crippen LogP contribution in [0.2, 0.25) is 0 Å². The van der Waals surface area contributed by atoms with Crippen LogP contribution < -0.4 is 5.32 Å². The van der Waals surface area contributed by atoms with E-state index in [4.69, 9.17) is 4.98 Å². The molecular formula is C16H23N3O. The minimum absolute atomic E-state index is 0.0603. The quantitative estimate of drug-likeness (QED) is 0.850. The van der Waals surface area contributed by atoms with Gasteiger partial charge in [-0.3, -0.25) is 0 Å². The summed E-state index contributed by atoms with van der Waals surface area (Å²) in [5, 5.41) is 13.1. The third-order valence-corrected chi connectivity index (χ3v) is 4.42. The Morgan fingerprint density at radius 3 is 2.80 bits per heavy atom. The lowest BCUT2D eigenvalue weighted by atomic mass is 9.77. The first-order valence-corrected chi connectivity index (χ1v) is 7.58. The van der Waals surface area contributed by atoms with E-state index >= 15 is 0 Å². The lowest BCUT2D eigenvalue weighted by molar-refractivity contribution is 0.0862. The minimum atomic E-state index is -0.0603. The third-order valence-electron chi connectivity index (χ3n) is 4.42. The standard InChI is InChI=1S/C16H23N3O/c1-2-10-19-14-7-4-3-6-13(14)18-15(19)11-17-16(12-20)8-5-9-16/h3-4,6-7,17,20H,2,5,8-12H2,1H3. The van der Waals surface area contributed by atoms with Crippen LogP contribution in [0, 0.1) is 0 Å². The van der Waals surface area contributed by atoms with Gasteiger partial charge in [0.05, 0.1) is 24.2 Å². The number of imidazole rings is 1. The van der Waals surface area contributed by atoms with Crippen LogP contribution in [-0.2, 0) is 13.1 Å². The van der Waals surface area contributed by atoms with Crippen molar-refractivity contribution in [1.82, 2.24) is 14.9 Å². The molecule has 1 aliphatic carbocycles. The van der Waals surface area contributed by atoms with Crippen LogP contribution in [-0.4, -0.2) is 26.8 Å². The number of benzene rings is 1. The summed E-state index contributed by atoms with van der Waals surface area (Å²) >= 11 is 0. The van der Waals surface area contributed by atoms with Gasteiger partial charge in [0, 0.05) is 12.1 Å². The van der Waals surface area contributed by atoms with Gasteiger partial charge in [0.25, 0.3) is 0 Å². The Balaban J connectivity index is 1.84. The summed E-state index contributed by atoms with van der Waals surface area (Å²) in [4.78, 5) is 4.75. The number of hydrogen-bond acceptors (Lipinski definition) is 3. The zero-order chi connectivity index (χ0) is 14.0. The molecule has 0 aliphatic heterocycles. The van der Waals surface area contributed by atoms with E-state index < -0.39 is 0 Å². The number of aromatic nitrogens is 2. The van der Waals surface area contributed by atoms with E-state index in [1.54, 1.807) is 0 Å². The Morgan fingerprint density at radius 2 is 2.15 bits per heavy atom. The normalized spacial score (nSPS) is 17.3. The summed E-state index contributed by atoms with van der Waals surface area (Å²) in [7, 11) is 0. The van der Waals surface area contributed by atoms with Crippen LogP contribution in [0.4, 0.5) is 0 Å². The Morgan fingerprint density at radius 1 is 1.35 bits per heavy atom. The van der Waals surface area contributed by atoms with Crippen molar-refractivity contribution < 1.29 is 5.11 Å². The predicted octanol–water partition coefficient (Wildman–Crippen LogP) is 2.45. The van der Waals surface area contributed by atoms with E-state index in [0.717, 1.165) is 43.7 Å². The molecule has 4 nitrogen and oxygen atoms in total. The second kappa shape index (κ2) is 5.54. The van der Waals surface area contributed by atoms with Gasteiger partial charge in [-0.1, -0.05) is 19.1 Å². The van der Waals surface area contributed by atoms with Gasteiger partial charge in [0.1, 0.15) is 5.82 Å². The van der Waals surface area contributed by atoms with E-state index in [1.165, 1.54) is 11.9 Å². The van der Waals surface area contributed by atoms with Crippen molar-refractivity contribution in [2.24, 2.45) is 0 Å². The van der Waals surface area contributed by atoms with Crippen molar-refractivity contribution in [1.29, 1.82) is 0 Å². The maximum atomic E-state index is 9.54. The number of aliphatic hydroxyl groups is 1. The molecule has 0 atom stereocenters. The average molecular weight is 273 g/mol. The van der Waals surface area contributed by atoms with Crippen molar-refractivity contribution in [2.75, 3.05) is 6.61 Å². The molecule has 0 unspecified atom stereocenters. The first-order valence-electron chi connectivity index (χ1n) is 7.58. The van der Waals surface area contributed by atoms with Gasteiger partial charge in [-0.15, -0.1) is 0 Å². The second-order valence-electron chi connectivity index (χ2n) is 5.81. The molecule has 1 aromatic carbocycles. The highest BCUT2D eigenvalue weighted by Crippen LogP contribution is 2.31. The van der Waals surface area contributed by atoms with Gasteiger partial charge in [0.15, 0.2) is 0 Å². The van der Waals surface area contributed by atoms with Gasteiger partial charge in [-0.25, -0.2) is 4.98 Å². The number of nitrogens with zero attached hydrogens (tertiary/aromatic N) is 2. The maximum Gasteiger partial charge on any atom is 0.123 e. The number of aryl methyl sites for hydroxylation is 1. The molecule has 0 bridgehead atoms. The highest BCUT2D eigenvalue weighted by Gasteiger charge is 2.35. The summed E-state index contributed by atoms with van der Waals surface area (Å²) in [6.07, 6.45) is 4.44. The Hall–Kier alpha value is -1.39. The van der Waals surface area contributed by atoms with Crippen molar-refractivity contribution in [3.63, 3.8) is 0 Å². The highest BCUT2D eigenvalue weighted by atomic mass is 16.3. The lowest BCUT2D eigenvalue weighted by Gasteiger charge is -2.41. The van der Waals surface area contributed by atoms with E-state index in [-0.39, 0.29) is 12.1 Å². The van der Waals surface area contributed by atoms with Crippen LogP contribution in [0.25, 0.3) is 11.0 Å². The van der Waals surface area contributed by atoms with Gasteiger partial charge in [-0.2, -0.15) is 0 Å². The van der Waals surface area contributed by atoms with Gasteiger partial charge >= 0.3 is 0 Å². The van der Waals surface area contributed by atoms with Crippen LogP contribution in [0.1, 0.15) is 38.4 Å². The first kappa shape index (κ1) is 13.6. The van der Waals surface area contributed by atoms with Crippen LogP contribution in [0.3, 0.4) is 0 Å². The van der Waals surface area contributed by atoms with Gasteiger partial charge in [0.2, 0.25) is 0 Å². The maximum absolute atomic E-state index is 9.54. The SMILES string of the molecule is CCCn1c(CNC2(CO)CCC2)nc2ccccc21. The third kappa shape index (κ3) is 2.34. The molecule has 1 aromatic heterocycles. The molecule has 2 N–H and O–H groups in total. The molecule has 2 aromatic rings. The summed E-state index contributed by atoms with van der Waals surface area (Å²) in [5.41, 5.74) is 2.21. The summed E-state index contributed by atoms with van der Waals surface area (Å²) < 4.78 is 2.30. The molecule has 1 heterocycles. The monoisotopic (exact) mass is 273 g/mol. The molecule has 0 radical (unpaired) electrons. The number of para-hydroxylation sites is 2. The molecule has 0 amide bonds. The molecule has 4 heteroatoms. The van der Waals surface area contributed by atoms with E-state index in [9.17, 15) is 5.11 Å². The number of fused-ring (bicyclic) bond motifs is 1. The van der Waals surface area contributed by atoms with E-state index in [1.807, 2.05) is 6.07 Å². The molecule has 20 heavy (non-hydrogen) atoms. The van der Waals surface area contributed by atoms with Gasteiger partial charge < -0.3 is 15.0 Å². The zero-order valence-corrected chi connectivity index (χ0v) is 12.1. The highest BCUT2D eigenvalue weighted by molar-refractivity contribution is 5.75. The first-order chi connectivity index (χ1) is 9.78. The molecule has 1 aliphatic rings. The smallest absolute Gasteiger partial charge is 0.123 e. The molecule has 3 rings (SSSR count). The zero-order valence-electron chi connectivity index (χ0n) is 12.1. The Kier molecular flexibility index (Phi) is 3.76. The van der Waals surface area contributed by atoms with Crippen LogP contribution >= 0.6 is 0 Å². The molecule has 1 saturated carbocycles. The van der Waals surface area contributed by atoms with Crippen LogP contribution in [0.15, 0.2) is 24.3 Å². The molecular weight excluding hydrogens is 250 g/mol. The topological polar surface area (TPSA) is 50.1 Å². The fraction of sp³-hybridized carbons (Fsp3) is 0.562. The fourth-order valence-corrected chi connectivity index (χ4v) is 2.99. The largest absolute Gasteiger partial charge is 0.394 e. The predicted molar refractivity (Wildman–Crippen MR) is 80.5 cm³/mol. The van der Waals surface area contributed by atoms with Crippen molar-refractivity contribution in [3.8, 4) is 0 Å². The van der Waals surface area contributed by atoms with Crippen molar-refractivity contribution in [3.05, 3.63) is 30.1 Å². The fourth-order valence-electron chi connectivity index (χ4n) is 2.99. The van der Waals surface area contributed by atoms with Crippen molar-refractivity contribution in [2.45, 2.75) is 51.2 Å². The van der Waals surface area contributed by atoms with Crippen LogP contribution in [0.5, 0.6) is 0 Å². The Bertz CT molecular complexity index is 581. The molecule has 0 spiro atoms. The molecule has 108 valence electrons. The number of aliphatic hydroxyl groups excluding tert-OH is 1. The number of hydrogen-bond donors (Lipinski definition) is 2. The summed E-state index contributed by atoms with van der Waals surface area (Å²) in [5.74, 6) is 1.08. The van der Waals surface area contributed by atoms with E-state index in [0.29, 0.717) is 0 Å².